The molecule has 0 saturated carbocycles. The van der Waals surface area contributed by atoms with Crippen LogP contribution in [0.2, 0.25) is 0 Å². The molecule has 0 bridgehead atoms. The molecule has 0 aromatic heterocycles. The lowest BCUT2D eigenvalue weighted by atomic mass is 9.79. The molecule has 1 saturated heterocycles. The molecule has 1 aliphatic rings. The highest BCUT2D eigenvalue weighted by atomic mass is 19.4. The molecule has 3 nitrogen and oxygen atoms in total. The van der Waals surface area contributed by atoms with Crippen LogP contribution in [0.1, 0.15) is 86.2 Å². The molecule has 0 N–H and O–H groups in total. The molecule has 47 heavy (non-hydrogen) atoms. The molecular weight excluding hydrogens is 637 g/mol. The highest BCUT2D eigenvalue weighted by Gasteiger charge is 2.50. The SMILES string of the molecule is CCOC(=O)C(CC(C)C)c1cc(-c2ccccc2)cc(C2CCCC(C(F)(F)F)N2Cc2ccc(C(F)(F)F)cc2)c1C(F)(F)F. The third-order valence-electron chi connectivity index (χ3n) is 8.38. The average Bonchev–Trinajstić information content (AvgIpc) is 2.98. The average molecular weight is 674 g/mol. The van der Waals surface area contributed by atoms with Gasteiger partial charge < -0.3 is 4.74 Å². The number of benzene rings is 3. The normalized spacial score (nSPS) is 18.7. The van der Waals surface area contributed by atoms with Gasteiger partial charge in [0.25, 0.3) is 0 Å². The number of hydrogen-bond acceptors (Lipinski definition) is 3. The fourth-order valence-corrected chi connectivity index (χ4v) is 6.38. The number of esters is 1. The van der Waals surface area contributed by atoms with Crippen molar-refractivity contribution in [2.24, 2.45) is 5.92 Å². The Balaban J connectivity index is 2.00. The molecular formula is C35H36F9NO2. The van der Waals surface area contributed by atoms with Crippen molar-refractivity contribution >= 4 is 5.97 Å². The molecule has 0 spiro atoms. The maximum atomic E-state index is 15.3. The van der Waals surface area contributed by atoms with E-state index in [0.29, 0.717) is 5.56 Å². The monoisotopic (exact) mass is 673 g/mol. The first-order chi connectivity index (χ1) is 21.9. The summed E-state index contributed by atoms with van der Waals surface area (Å²) in [6.45, 7) is 4.36. The van der Waals surface area contributed by atoms with Gasteiger partial charge in [0.15, 0.2) is 0 Å². The molecule has 3 aromatic rings. The lowest BCUT2D eigenvalue weighted by Crippen LogP contribution is -2.49. The van der Waals surface area contributed by atoms with E-state index in [1.54, 1.807) is 44.2 Å². The van der Waals surface area contributed by atoms with Gasteiger partial charge in [-0.2, -0.15) is 39.5 Å². The zero-order valence-corrected chi connectivity index (χ0v) is 26.1. The minimum atomic E-state index is -5.08. The van der Waals surface area contributed by atoms with Crippen molar-refractivity contribution in [2.45, 2.75) is 89.5 Å². The Morgan fingerprint density at radius 3 is 2.02 bits per heavy atom. The third kappa shape index (κ3) is 8.69. The zero-order chi connectivity index (χ0) is 34.7. The van der Waals surface area contributed by atoms with E-state index >= 15 is 13.2 Å². The fourth-order valence-electron chi connectivity index (χ4n) is 6.38. The summed E-state index contributed by atoms with van der Waals surface area (Å²) < 4.78 is 134. The van der Waals surface area contributed by atoms with Gasteiger partial charge in [-0.3, -0.25) is 9.69 Å². The molecule has 12 heteroatoms. The van der Waals surface area contributed by atoms with Crippen LogP contribution in [0, 0.1) is 5.92 Å². The lowest BCUT2D eigenvalue weighted by molar-refractivity contribution is -0.202. The van der Waals surface area contributed by atoms with E-state index in [1.807, 2.05) is 0 Å². The van der Waals surface area contributed by atoms with Crippen LogP contribution in [0.5, 0.6) is 0 Å². The second-order valence-corrected chi connectivity index (χ2v) is 12.2. The summed E-state index contributed by atoms with van der Waals surface area (Å²) in [5, 5.41) is 0. The molecule has 1 aliphatic heterocycles. The van der Waals surface area contributed by atoms with Crippen molar-refractivity contribution in [1.29, 1.82) is 0 Å². The standard InChI is InChI=1S/C35H36F9NO2/c1-4-47-32(46)27(17-21(2)3)26-18-24(23-9-6-5-7-10-23)19-28(31(26)35(42,43)44)29-11-8-12-30(34(39,40)41)45(29)20-22-13-15-25(16-14-22)33(36,37)38/h5-7,9-10,13-16,18-19,21,27,29-30H,4,8,11-12,17,20H2,1-3H3. The van der Waals surface area contributed by atoms with E-state index in [4.69, 9.17) is 4.74 Å². The molecule has 0 radical (unpaired) electrons. The third-order valence-corrected chi connectivity index (χ3v) is 8.38. The van der Waals surface area contributed by atoms with Crippen LogP contribution in [-0.4, -0.2) is 29.7 Å². The van der Waals surface area contributed by atoms with E-state index < -0.39 is 72.2 Å². The molecule has 4 rings (SSSR count). The van der Waals surface area contributed by atoms with Gasteiger partial charge in [-0.25, -0.2) is 0 Å². The lowest BCUT2D eigenvalue weighted by Gasteiger charge is -2.44. The molecule has 3 aromatic carbocycles. The first kappa shape index (κ1) is 36.3. The van der Waals surface area contributed by atoms with Gasteiger partial charge in [-0.05, 0) is 90.6 Å². The molecule has 3 unspecified atom stereocenters. The van der Waals surface area contributed by atoms with Crippen LogP contribution in [0.4, 0.5) is 39.5 Å². The van der Waals surface area contributed by atoms with Crippen LogP contribution in [0.3, 0.4) is 0 Å². The Morgan fingerprint density at radius 2 is 1.49 bits per heavy atom. The van der Waals surface area contributed by atoms with Gasteiger partial charge in [0.2, 0.25) is 0 Å². The predicted octanol–water partition coefficient (Wildman–Crippen LogP) is 10.7. The van der Waals surface area contributed by atoms with Crippen molar-refractivity contribution in [3.8, 4) is 11.1 Å². The molecule has 256 valence electrons. The quantitative estimate of drug-likeness (QED) is 0.167. The molecule has 1 fully saturated rings. The number of piperidine rings is 1. The maximum absolute atomic E-state index is 15.3. The van der Waals surface area contributed by atoms with Crippen LogP contribution in [-0.2, 0) is 28.4 Å². The molecule has 0 amide bonds. The maximum Gasteiger partial charge on any atom is 0.417 e. The van der Waals surface area contributed by atoms with Crippen LogP contribution >= 0.6 is 0 Å². The first-order valence-electron chi connectivity index (χ1n) is 15.4. The van der Waals surface area contributed by atoms with E-state index in [0.717, 1.165) is 29.2 Å². The number of ether oxygens (including phenoxy) is 1. The van der Waals surface area contributed by atoms with E-state index in [9.17, 15) is 31.1 Å². The Labute approximate surface area is 267 Å². The van der Waals surface area contributed by atoms with Crippen LogP contribution in [0.25, 0.3) is 11.1 Å². The first-order valence-corrected chi connectivity index (χ1v) is 15.4. The predicted molar refractivity (Wildman–Crippen MR) is 159 cm³/mol. The number of alkyl halides is 9. The van der Waals surface area contributed by atoms with E-state index in [-0.39, 0.29) is 48.5 Å². The summed E-state index contributed by atoms with van der Waals surface area (Å²) >= 11 is 0. The Morgan fingerprint density at radius 1 is 0.851 bits per heavy atom. The van der Waals surface area contributed by atoms with Crippen molar-refractivity contribution in [2.75, 3.05) is 6.61 Å². The smallest absolute Gasteiger partial charge is 0.417 e. The highest BCUT2D eigenvalue weighted by Crippen LogP contribution is 2.49. The highest BCUT2D eigenvalue weighted by molar-refractivity contribution is 5.80. The van der Waals surface area contributed by atoms with Crippen molar-refractivity contribution in [1.82, 2.24) is 4.90 Å². The van der Waals surface area contributed by atoms with E-state index in [2.05, 4.69) is 0 Å². The summed E-state index contributed by atoms with van der Waals surface area (Å²) in [6, 6.07) is 10.8. The summed E-state index contributed by atoms with van der Waals surface area (Å²) in [5.41, 5.74) is -2.15. The number of hydrogen-bond donors (Lipinski definition) is 0. The van der Waals surface area contributed by atoms with Crippen molar-refractivity contribution < 1.29 is 49.0 Å². The van der Waals surface area contributed by atoms with Gasteiger partial charge in [-0.15, -0.1) is 0 Å². The minimum Gasteiger partial charge on any atom is -0.466 e. The topological polar surface area (TPSA) is 29.5 Å². The fraction of sp³-hybridized carbons (Fsp3) is 0.457. The number of carbonyl (C=O) groups excluding carboxylic acids is 1. The number of halogens is 9. The Hall–Kier alpha value is -3.54. The second-order valence-electron chi connectivity index (χ2n) is 12.2. The van der Waals surface area contributed by atoms with Gasteiger partial charge in [-0.1, -0.05) is 56.3 Å². The van der Waals surface area contributed by atoms with Gasteiger partial charge in [0.1, 0.15) is 6.04 Å². The molecule has 0 aliphatic carbocycles. The van der Waals surface area contributed by atoms with Gasteiger partial charge >= 0.3 is 24.5 Å². The Bertz CT molecular complexity index is 1500. The summed E-state index contributed by atoms with van der Waals surface area (Å²) in [6.07, 6.45) is -15.1. The van der Waals surface area contributed by atoms with E-state index in [1.165, 1.54) is 19.1 Å². The number of carbonyl (C=O) groups is 1. The number of nitrogens with zero attached hydrogens (tertiary/aromatic N) is 1. The minimum absolute atomic E-state index is 0.00922. The van der Waals surface area contributed by atoms with Crippen LogP contribution < -0.4 is 0 Å². The van der Waals surface area contributed by atoms with Crippen molar-refractivity contribution in [3.63, 3.8) is 0 Å². The van der Waals surface area contributed by atoms with Gasteiger partial charge in [0, 0.05) is 12.6 Å². The van der Waals surface area contributed by atoms with Crippen LogP contribution in [0.15, 0.2) is 66.7 Å². The summed E-state index contributed by atoms with van der Waals surface area (Å²) in [7, 11) is 0. The van der Waals surface area contributed by atoms with Gasteiger partial charge in [0.05, 0.1) is 23.7 Å². The molecule has 3 atom stereocenters. The summed E-state index contributed by atoms with van der Waals surface area (Å²) in [4.78, 5) is 14.2. The summed E-state index contributed by atoms with van der Waals surface area (Å²) in [5.74, 6) is -2.48. The second kappa shape index (κ2) is 14.3. The number of likely N-dealkylation sites (tertiary alicyclic amines) is 1. The number of rotatable bonds is 9. The Kier molecular flexibility index (Phi) is 11.0. The van der Waals surface area contributed by atoms with Crippen molar-refractivity contribution in [3.05, 3.63) is 94.5 Å². The largest absolute Gasteiger partial charge is 0.466 e. The molecule has 1 heterocycles. The zero-order valence-electron chi connectivity index (χ0n) is 26.1.